The topological polar surface area (TPSA) is 662 Å². The molecule has 0 aliphatic heterocycles. The minimum Gasteiger partial charge on any atom is -0.445 e. The van der Waals surface area contributed by atoms with Gasteiger partial charge in [0.1, 0.15) is 58.3 Å². The van der Waals surface area contributed by atoms with Crippen molar-refractivity contribution in [1.82, 2.24) is 106 Å². The van der Waals surface area contributed by atoms with E-state index in [4.69, 9.17) is 25.7 Å². The van der Waals surface area contributed by atoms with Crippen molar-refractivity contribution < 1.29 is 110 Å². The van der Waals surface area contributed by atoms with Crippen LogP contribution < -0.4 is 118 Å². The van der Waals surface area contributed by atoms with Gasteiger partial charge in [-0.2, -0.15) is 0 Å². The Labute approximate surface area is 791 Å². The highest BCUT2D eigenvalue weighted by atomic mass is 16.6. The Morgan fingerprint density at radius 3 is 0.489 bits per heavy atom. The number of hydrogen-bond acceptors (Lipinski definition) is 25. The van der Waals surface area contributed by atoms with E-state index in [0.29, 0.717) is 208 Å². The average Bonchev–Trinajstić information content (AvgIpc) is 0.879. The fourth-order valence-corrected chi connectivity index (χ4v) is 9.84. The first-order valence-corrected chi connectivity index (χ1v) is 45.4. The summed E-state index contributed by atoms with van der Waals surface area (Å²) in [4.78, 5) is 225. The number of carbonyl (C=O) groups is 20. The van der Waals surface area contributed by atoms with Gasteiger partial charge in [-0.05, 0) is 107 Å². The molecule has 0 bridgehead atoms. The third kappa shape index (κ3) is 94.8. The Hall–Kier alpha value is -13.6. The Morgan fingerprint density at radius 1 is 0.200 bits per heavy atom. The maximum Gasteiger partial charge on any atom is 0.407 e. The van der Waals surface area contributed by atoms with Gasteiger partial charge >= 0.3 is 18.3 Å². The van der Waals surface area contributed by atoms with E-state index in [0.717, 1.165) is 42.4 Å². The molecule has 0 saturated carbocycles. The van der Waals surface area contributed by atoms with Crippen molar-refractivity contribution in [3.05, 3.63) is 108 Å². The molecule has 0 aliphatic rings. The van der Waals surface area contributed by atoms with Crippen molar-refractivity contribution in [3.8, 4) is 0 Å². The van der Waals surface area contributed by atoms with Gasteiger partial charge in [0, 0.05) is 166 Å². The van der Waals surface area contributed by atoms with Crippen LogP contribution in [0.2, 0.25) is 0 Å². The number of unbranched alkanes of at least 4 members (excludes halogenated alkanes) is 2. The van der Waals surface area contributed by atoms with Gasteiger partial charge in [0.05, 0.1) is 0 Å². The van der Waals surface area contributed by atoms with Crippen molar-refractivity contribution in [2.45, 2.75) is 197 Å². The highest BCUT2D eigenvalue weighted by Crippen LogP contribution is 2.04. The number of alkyl carbamates (subject to hydrolysis) is 3. The molecule has 0 atom stereocenters. The molecule has 135 heavy (non-hydrogen) atoms. The van der Waals surface area contributed by atoms with E-state index >= 15 is 0 Å². The molecule has 45 heteroatoms. The van der Waals surface area contributed by atoms with Crippen LogP contribution in [0.5, 0.6) is 0 Å². The Bertz CT molecular complexity index is 3690. The molecule has 0 saturated heterocycles. The molecule has 3 aromatic rings. The monoisotopic (exact) mass is 1910 g/mol. The quantitative estimate of drug-likeness (QED) is 0.0193. The molecule has 45 nitrogen and oxygen atoms in total. The summed E-state index contributed by atoms with van der Waals surface area (Å²) < 4.78 is 15.2. The van der Waals surface area contributed by atoms with E-state index in [2.05, 4.69) is 106 Å². The predicted molar refractivity (Wildman–Crippen MR) is 505 cm³/mol. The third-order valence-corrected chi connectivity index (χ3v) is 16.8. The number of rotatable bonds is 62. The normalized spacial score (nSPS) is 9.81. The smallest absolute Gasteiger partial charge is 0.407 e. The molecule has 0 unspecified atom stereocenters. The highest BCUT2D eigenvalue weighted by molar-refractivity contribution is 5.99. The van der Waals surface area contributed by atoms with Crippen LogP contribution in [-0.2, 0) is 116 Å². The van der Waals surface area contributed by atoms with Crippen LogP contribution in [0, 0.1) is 0 Å². The second kappa shape index (κ2) is 89.6. The Balaban J connectivity index is -0.00000156. The molecule has 758 valence electrons. The lowest BCUT2D eigenvalue weighted by Gasteiger charge is -2.08. The molecule has 0 aromatic heterocycles. The van der Waals surface area contributed by atoms with Crippen molar-refractivity contribution in [3.63, 3.8) is 0 Å². The maximum atomic E-state index is 11.6. The van der Waals surface area contributed by atoms with Crippen molar-refractivity contribution >= 4 is 119 Å². The SMILES string of the molecule is CC(=O)NCCCNC(=O)CC(=O)NCCCN.CC(=O)NCCCNC(=O)CC(=O)NCCCNC(=O)OCc1ccccc1.CC(=O)NCCCNC(=O)CC(=O)NCCCNC(C)=O.CCCCNC(=O)CC(=O)NCCCNC(=O)OCc1ccccc1.CCCCNC(=O)CC(=O)NCCCNC(C)=O.NCCCNC(=O)CC(=O)NCCCNC(=O)OCc1ccccc1. The summed E-state index contributed by atoms with van der Waals surface area (Å²) in [6.45, 7) is 21.8. The fourth-order valence-electron chi connectivity index (χ4n) is 9.84. The van der Waals surface area contributed by atoms with Crippen LogP contribution in [0.1, 0.15) is 194 Å². The first kappa shape index (κ1) is 126. The summed E-state index contributed by atoms with van der Waals surface area (Å²) in [6.07, 6.45) is 7.25. The van der Waals surface area contributed by atoms with E-state index < -0.39 is 18.3 Å². The molecular weight excluding hydrogens is 1760 g/mol. The van der Waals surface area contributed by atoms with Gasteiger partial charge < -0.3 is 132 Å². The molecule has 3 rings (SSSR count). The van der Waals surface area contributed by atoms with Crippen LogP contribution >= 0.6 is 0 Å². The van der Waals surface area contributed by atoms with Crippen LogP contribution in [0.25, 0.3) is 0 Å². The lowest BCUT2D eigenvalue weighted by molar-refractivity contribution is -0.130. The molecule has 0 heterocycles. The van der Waals surface area contributed by atoms with Gasteiger partial charge in [0.15, 0.2) is 0 Å². The molecule has 0 spiro atoms. The lowest BCUT2D eigenvalue weighted by Crippen LogP contribution is -2.35. The van der Waals surface area contributed by atoms with Gasteiger partial charge in [-0.3, -0.25) is 81.5 Å². The minimum atomic E-state index is -0.520. The van der Waals surface area contributed by atoms with Crippen LogP contribution in [0.15, 0.2) is 91.0 Å². The van der Waals surface area contributed by atoms with E-state index in [1.807, 2.05) is 105 Å². The van der Waals surface area contributed by atoms with E-state index in [9.17, 15) is 95.9 Å². The fraction of sp³-hybridized carbons (Fsp3) is 0.578. The number of benzene rings is 3. The average molecular weight is 1910 g/mol. The largest absolute Gasteiger partial charge is 0.445 e. The van der Waals surface area contributed by atoms with E-state index in [-0.39, 0.29) is 159 Å². The number of nitrogens with one attached hydrogen (secondary N) is 20. The zero-order valence-electron chi connectivity index (χ0n) is 79.5. The number of carbonyl (C=O) groups excluding carboxylic acids is 20. The maximum absolute atomic E-state index is 11.6. The van der Waals surface area contributed by atoms with Crippen LogP contribution in [0.4, 0.5) is 14.4 Å². The summed E-state index contributed by atoms with van der Waals surface area (Å²) in [6, 6.07) is 28.1. The summed E-state index contributed by atoms with van der Waals surface area (Å²) in [7, 11) is 0. The predicted octanol–water partition coefficient (Wildman–Crippen LogP) is -0.468. The molecular formula is C90H150N22O23. The van der Waals surface area contributed by atoms with Crippen LogP contribution in [0.3, 0.4) is 0 Å². The molecule has 20 amide bonds. The van der Waals surface area contributed by atoms with Gasteiger partial charge in [0.2, 0.25) is 100 Å². The number of ether oxygens (including phenoxy) is 3. The molecule has 0 aliphatic carbocycles. The van der Waals surface area contributed by atoms with Gasteiger partial charge in [-0.15, -0.1) is 0 Å². The first-order valence-electron chi connectivity index (χ1n) is 45.4. The number of hydrogen-bond donors (Lipinski definition) is 22. The standard InChI is InChI=1S/C19H28N4O5.C18H27N3O4.C17H26N4O4.C13H24N4O4.C12H23N3O3.C11H22N4O3/c1-15(24)20-9-5-10-21-17(25)13-18(26)22-11-6-12-23-19(27)28-14-16-7-3-2-4-8-16;1-2-3-10-19-16(22)13-17(23)20-11-7-12-21-18(24)25-14-15-8-5-4-6-9-15;18-8-4-9-19-15(22)12-16(23)20-10-5-11-21-17(24)25-13-14-6-2-1-3-7-14;1-10(18)14-5-3-7-16-12(20)9-13(21)17-8-4-6-15-11(2)19;1-3-4-6-14-11(17)9-12(18)15-8-5-7-13-10(2)16;1-9(16)13-6-3-7-15-11(18)8-10(17)14-5-2-4-12/h2-4,7-8H,5-6,9-14H2,1H3,(H,20,24)(H,21,25)(H,22,26)(H,23,27);4-6,8-9H,2-3,7,10-14H2,1H3,(H,19,22)(H,20,23)(H,21,24);1-3,6-7H,4-5,8-13,18H2,(H,19,22)(H,20,23)(H,21,24);3-9H2,1-2H3,(H,14,18)(H,15,19)(H,16,20)(H,17,21);3-9H2,1-2H3,(H,13,16)(H,14,17)(H,15,18);2-8,12H2,1H3,(H,13,16)(H,14,17)(H,15,18). The molecule has 3 aromatic carbocycles. The third-order valence-electron chi connectivity index (χ3n) is 16.8. The van der Waals surface area contributed by atoms with E-state index in [1.54, 1.807) is 0 Å². The Morgan fingerprint density at radius 2 is 0.341 bits per heavy atom. The molecule has 0 radical (unpaired) electrons. The van der Waals surface area contributed by atoms with Gasteiger partial charge in [0.25, 0.3) is 0 Å². The summed E-state index contributed by atoms with van der Waals surface area (Å²) in [5.41, 5.74) is 13.3. The van der Waals surface area contributed by atoms with Gasteiger partial charge in [-0.25, -0.2) is 14.4 Å². The summed E-state index contributed by atoms with van der Waals surface area (Å²) in [5, 5.41) is 52.3. The van der Waals surface area contributed by atoms with E-state index in [1.165, 1.54) is 34.6 Å². The zero-order valence-corrected chi connectivity index (χ0v) is 79.5. The Kier molecular flexibility index (Phi) is 83.3. The highest BCUT2D eigenvalue weighted by Gasteiger charge is 2.16. The molecule has 0 fully saturated rings. The zero-order chi connectivity index (χ0) is 101. The minimum absolute atomic E-state index is 0.0865. The number of amides is 20. The lowest BCUT2D eigenvalue weighted by atomic mass is 10.2. The second-order valence-electron chi connectivity index (χ2n) is 29.5. The molecule has 24 N–H and O–H groups in total. The van der Waals surface area contributed by atoms with Crippen LogP contribution in [-0.4, -0.2) is 263 Å². The van der Waals surface area contributed by atoms with Gasteiger partial charge in [-0.1, -0.05) is 118 Å². The summed E-state index contributed by atoms with van der Waals surface area (Å²) in [5.74, 6) is -4.40. The van der Waals surface area contributed by atoms with Crippen molar-refractivity contribution in [2.75, 3.05) is 144 Å². The first-order chi connectivity index (χ1) is 64.7. The second-order valence-corrected chi connectivity index (χ2v) is 29.5. The number of nitrogens with two attached hydrogens (primary N) is 2. The van der Waals surface area contributed by atoms with Crippen molar-refractivity contribution in [2.24, 2.45) is 11.5 Å². The summed E-state index contributed by atoms with van der Waals surface area (Å²) >= 11 is 0. The van der Waals surface area contributed by atoms with Crippen molar-refractivity contribution in [1.29, 1.82) is 0 Å².